The minimum atomic E-state index is -0.576. The summed E-state index contributed by atoms with van der Waals surface area (Å²) in [6.45, 7) is 4.13. The lowest BCUT2D eigenvalue weighted by atomic mass is 9.92. The third-order valence-electron chi connectivity index (χ3n) is 3.13. The van der Waals surface area contributed by atoms with E-state index in [0.717, 1.165) is 25.9 Å². The van der Waals surface area contributed by atoms with E-state index in [1.54, 1.807) is 0 Å². The van der Waals surface area contributed by atoms with Gasteiger partial charge in [0.05, 0.1) is 12.1 Å². The number of amides is 1. The molecule has 5 nitrogen and oxygen atoms in total. The molecule has 1 aliphatic heterocycles. The number of aliphatic hydroxyl groups excluding tert-OH is 1. The van der Waals surface area contributed by atoms with Gasteiger partial charge in [0.1, 0.15) is 0 Å². The zero-order valence-corrected chi connectivity index (χ0v) is 9.22. The number of primary amides is 1. The highest BCUT2D eigenvalue weighted by atomic mass is 16.3. The lowest BCUT2D eigenvalue weighted by Gasteiger charge is -2.34. The summed E-state index contributed by atoms with van der Waals surface area (Å²) in [6, 6.07) is -0.576. The van der Waals surface area contributed by atoms with E-state index in [1.807, 2.05) is 6.92 Å². The Labute approximate surface area is 90.4 Å². The van der Waals surface area contributed by atoms with Gasteiger partial charge in [0.2, 0.25) is 5.91 Å². The van der Waals surface area contributed by atoms with E-state index in [0.29, 0.717) is 12.5 Å². The zero-order chi connectivity index (χ0) is 11.4. The molecule has 0 aromatic carbocycles. The van der Waals surface area contributed by atoms with Crippen molar-refractivity contribution in [1.82, 2.24) is 4.90 Å². The van der Waals surface area contributed by atoms with E-state index in [-0.39, 0.29) is 6.10 Å². The Bertz CT molecular complexity index is 213. The molecule has 1 aliphatic rings. The van der Waals surface area contributed by atoms with Crippen LogP contribution in [0.4, 0.5) is 0 Å². The highest BCUT2D eigenvalue weighted by Crippen LogP contribution is 2.20. The van der Waals surface area contributed by atoms with Gasteiger partial charge in [0.25, 0.3) is 0 Å². The second-order valence-electron chi connectivity index (χ2n) is 4.39. The number of rotatable bonds is 4. The van der Waals surface area contributed by atoms with E-state index in [2.05, 4.69) is 4.90 Å². The van der Waals surface area contributed by atoms with Crippen LogP contribution in [-0.2, 0) is 4.79 Å². The van der Waals surface area contributed by atoms with E-state index in [1.165, 1.54) is 0 Å². The monoisotopic (exact) mass is 215 g/mol. The summed E-state index contributed by atoms with van der Waals surface area (Å²) in [5.74, 6) is -0.0706. The molecule has 0 bridgehead atoms. The van der Waals surface area contributed by atoms with Crippen LogP contribution in [0.1, 0.15) is 19.8 Å². The molecule has 2 atom stereocenters. The van der Waals surface area contributed by atoms with Gasteiger partial charge in [-0.15, -0.1) is 0 Å². The van der Waals surface area contributed by atoms with Crippen LogP contribution in [0.5, 0.6) is 0 Å². The third-order valence-corrected chi connectivity index (χ3v) is 3.13. The summed E-state index contributed by atoms with van der Waals surface area (Å²) in [7, 11) is 0. The molecule has 0 spiro atoms. The molecule has 0 aromatic heterocycles. The van der Waals surface area contributed by atoms with Gasteiger partial charge in [0.15, 0.2) is 0 Å². The van der Waals surface area contributed by atoms with E-state index in [4.69, 9.17) is 11.5 Å². The van der Waals surface area contributed by atoms with Crippen molar-refractivity contribution in [3.05, 3.63) is 0 Å². The summed E-state index contributed by atoms with van der Waals surface area (Å²) in [4.78, 5) is 12.9. The van der Waals surface area contributed by atoms with E-state index in [9.17, 15) is 9.90 Å². The van der Waals surface area contributed by atoms with Crippen molar-refractivity contribution < 1.29 is 9.90 Å². The van der Waals surface area contributed by atoms with Crippen LogP contribution in [0.25, 0.3) is 0 Å². The van der Waals surface area contributed by atoms with Crippen LogP contribution in [0.15, 0.2) is 0 Å². The normalized spacial score (nSPS) is 23.7. The Kier molecular flexibility index (Phi) is 4.50. The smallest absolute Gasteiger partial charge is 0.235 e. The molecule has 1 amide bonds. The largest absolute Gasteiger partial charge is 0.393 e. The minimum absolute atomic E-state index is 0.239. The number of piperidine rings is 1. The van der Waals surface area contributed by atoms with Crippen molar-refractivity contribution in [2.75, 3.05) is 19.6 Å². The van der Waals surface area contributed by atoms with Crippen LogP contribution in [0.3, 0.4) is 0 Å². The Balaban J connectivity index is 2.28. The van der Waals surface area contributed by atoms with Crippen LogP contribution in [0.2, 0.25) is 0 Å². The maximum atomic E-state index is 10.8. The summed E-state index contributed by atoms with van der Waals surface area (Å²) < 4.78 is 0. The summed E-state index contributed by atoms with van der Waals surface area (Å²) in [5.41, 5.74) is 10.7. The maximum Gasteiger partial charge on any atom is 0.235 e. The Morgan fingerprint density at radius 2 is 2.07 bits per heavy atom. The second kappa shape index (κ2) is 5.44. The van der Waals surface area contributed by atoms with Gasteiger partial charge in [-0.2, -0.15) is 0 Å². The van der Waals surface area contributed by atoms with Crippen LogP contribution >= 0.6 is 0 Å². The predicted molar refractivity (Wildman–Crippen MR) is 58.0 cm³/mol. The topological polar surface area (TPSA) is 92.6 Å². The highest BCUT2D eigenvalue weighted by molar-refractivity contribution is 5.79. The van der Waals surface area contributed by atoms with Gasteiger partial charge in [-0.3, -0.25) is 4.79 Å². The molecule has 0 saturated carbocycles. The van der Waals surface area contributed by atoms with Crippen molar-refractivity contribution in [2.24, 2.45) is 17.4 Å². The van der Waals surface area contributed by atoms with Crippen molar-refractivity contribution in [2.45, 2.75) is 31.9 Å². The second-order valence-corrected chi connectivity index (χ2v) is 4.39. The Morgan fingerprint density at radius 1 is 1.53 bits per heavy atom. The third kappa shape index (κ3) is 3.77. The van der Waals surface area contributed by atoms with Gasteiger partial charge in [0, 0.05) is 6.54 Å². The molecule has 15 heavy (non-hydrogen) atoms. The van der Waals surface area contributed by atoms with Gasteiger partial charge < -0.3 is 21.5 Å². The summed E-state index contributed by atoms with van der Waals surface area (Å²) in [5, 5.41) is 9.42. The van der Waals surface area contributed by atoms with Crippen molar-refractivity contribution in [3.63, 3.8) is 0 Å². The van der Waals surface area contributed by atoms with Crippen LogP contribution < -0.4 is 11.5 Å². The van der Waals surface area contributed by atoms with Crippen molar-refractivity contribution in [3.8, 4) is 0 Å². The lowest BCUT2D eigenvalue weighted by molar-refractivity contribution is -0.119. The first-order valence-corrected chi connectivity index (χ1v) is 5.46. The molecule has 1 fully saturated rings. The summed E-state index contributed by atoms with van der Waals surface area (Å²) in [6.07, 6.45) is 1.68. The number of hydrogen-bond donors (Lipinski definition) is 3. The molecule has 0 aliphatic carbocycles. The Hall–Kier alpha value is -0.650. The number of aliphatic hydroxyl groups is 1. The molecule has 88 valence electrons. The molecule has 1 saturated heterocycles. The molecule has 0 radical (unpaired) electrons. The number of nitrogens with zero attached hydrogens (tertiary/aromatic N) is 1. The molecular formula is C10H21N3O2. The fourth-order valence-electron chi connectivity index (χ4n) is 1.99. The van der Waals surface area contributed by atoms with E-state index >= 15 is 0 Å². The van der Waals surface area contributed by atoms with Crippen LogP contribution in [0, 0.1) is 5.92 Å². The fourth-order valence-corrected chi connectivity index (χ4v) is 1.99. The first-order valence-electron chi connectivity index (χ1n) is 5.46. The Morgan fingerprint density at radius 3 is 2.47 bits per heavy atom. The molecule has 5 N–H and O–H groups in total. The average molecular weight is 215 g/mol. The minimum Gasteiger partial charge on any atom is -0.393 e. The molecule has 5 heteroatoms. The van der Waals surface area contributed by atoms with Crippen molar-refractivity contribution in [1.29, 1.82) is 0 Å². The predicted octanol–water partition coefficient (Wildman–Crippen LogP) is -1.11. The lowest BCUT2D eigenvalue weighted by Crippen LogP contribution is -2.48. The maximum absolute atomic E-state index is 10.8. The first-order chi connectivity index (χ1) is 7.00. The molecule has 0 aromatic rings. The molecular weight excluding hydrogens is 194 g/mol. The van der Waals surface area contributed by atoms with Gasteiger partial charge >= 0.3 is 0 Å². The van der Waals surface area contributed by atoms with Gasteiger partial charge in [-0.1, -0.05) is 0 Å². The fraction of sp³-hybridized carbons (Fsp3) is 0.900. The van der Waals surface area contributed by atoms with Gasteiger partial charge in [-0.05, 0) is 38.8 Å². The van der Waals surface area contributed by atoms with E-state index < -0.39 is 11.9 Å². The highest BCUT2D eigenvalue weighted by Gasteiger charge is 2.24. The SMILES string of the molecule is CC(O)C1CCN(CC(N)C(N)=O)CC1. The number of carbonyl (C=O) groups is 1. The van der Waals surface area contributed by atoms with Gasteiger partial charge in [-0.25, -0.2) is 0 Å². The summed E-state index contributed by atoms with van der Waals surface area (Å²) >= 11 is 0. The zero-order valence-electron chi connectivity index (χ0n) is 9.22. The average Bonchev–Trinajstić information content (AvgIpc) is 2.18. The van der Waals surface area contributed by atoms with Crippen LogP contribution in [-0.4, -0.2) is 47.7 Å². The number of likely N-dealkylation sites (tertiary alicyclic amines) is 1. The number of hydrogen-bond acceptors (Lipinski definition) is 4. The first kappa shape index (κ1) is 12.4. The molecule has 1 heterocycles. The number of carbonyl (C=O) groups excluding carboxylic acids is 1. The standard InChI is InChI=1S/C10H21N3O2/c1-7(14)8-2-4-13(5-3-8)6-9(11)10(12)15/h7-9,14H,2-6,11H2,1H3,(H2,12,15). The molecule has 1 rings (SSSR count). The molecule has 2 unspecified atom stereocenters. The quantitative estimate of drug-likeness (QED) is 0.554. The number of nitrogens with two attached hydrogens (primary N) is 2. The van der Waals surface area contributed by atoms with Crippen molar-refractivity contribution >= 4 is 5.91 Å².